The second-order valence-electron chi connectivity index (χ2n) is 7.25. The van der Waals surface area contributed by atoms with Crippen LogP contribution in [0.1, 0.15) is 18.9 Å². The molecular weight excluding hydrogens is 416 g/mol. The van der Waals surface area contributed by atoms with Gasteiger partial charge in [0, 0.05) is 19.6 Å². The molecule has 1 aromatic heterocycles. The van der Waals surface area contributed by atoms with Crippen molar-refractivity contribution in [2.45, 2.75) is 32.2 Å². The summed E-state index contributed by atoms with van der Waals surface area (Å²) in [4.78, 5) is 47.3. The van der Waals surface area contributed by atoms with Crippen LogP contribution >= 0.6 is 0 Å². The first kappa shape index (κ1) is 22.9. The summed E-state index contributed by atoms with van der Waals surface area (Å²) >= 11 is 0. The normalized spacial score (nSPS) is 16.8. The average Bonchev–Trinajstić information content (AvgIpc) is 3.23. The number of rotatable bonds is 7. The standard InChI is InChI=1S/C20H28N8O4/c1-2-15(26-19(30)32-12-13-6-4-3-5-7-13)28(16-11-24-18(22)25-16)20(31)27-9-8-23-10-14(27)17(21)29/h3-7,11,14-15,23H,2,8-10,12H2,1H3,(H2,21,29)(H,26,30)(H3,22,24,25)/t14-,15-/m1/s1. The zero-order chi connectivity index (χ0) is 23.1. The van der Waals surface area contributed by atoms with Crippen molar-refractivity contribution in [2.75, 3.05) is 30.3 Å². The highest BCUT2D eigenvalue weighted by molar-refractivity contribution is 5.95. The number of carbonyl (C=O) groups excluding carboxylic acids is 3. The molecule has 3 rings (SSSR count). The fourth-order valence-electron chi connectivity index (χ4n) is 3.43. The Labute approximate surface area is 185 Å². The summed E-state index contributed by atoms with van der Waals surface area (Å²) in [7, 11) is 0. The van der Waals surface area contributed by atoms with E-state index in [1.807, 2.05) is 30.3 Å². The highest BCUT2D eigenvalue weighted by Gasteiger charge is 2.37. The van der Waals surface area contributed by atoms with Crippen molar-refractivity contribution in [1.29, 1.82) is 0 Å². The molecule has 7 N–H and O–H groups in total. The third-order valence-electron chi connectivity index (χ3n) is 5.06. The Morgan fingerprint density at radius 3 is 2.72 bits per heavy atom. The number of primary amides is 1. The second kappa shape index (κ2) is 10.5. The van der Waals surface area contributed by atoms with E-state index in [0.717, 1.165) is 5.56 Å². The molecule has 1 aliphatic rings. The third kappa shape index (κ3) is 5.46. The van der Waals surface area contributed by atoms with E-state index in [-0.39, 0.29) is 31.5 Å². The lowest BCUT2D eigenvalue weighted by molar-refractivity contribution is -0.122. The van der Waals surface area contributed by atoms with Gasteiger partial charge in [0.25, 0.3) is 0 Å². The molecule has 172 valence electrons. The molecule has 0 unspecified atom stereocenters. The third-order valence-corrected chi connectivity index (χ3v) is 5.06. The van der Waals surface area contributed by atoms with Crippen molar-refractivity contribution in [1.82, 2.24) is 25.5 Å². The Kier molecular flexibility index (Phi) is 7.49. The smallest absolute Gasteiger partial charge is 0.409 e. The molecule has 2 heterocycles. The maximum absolute atomic E-state index is 13.5. The molecule has 2 atom stereocenters. The van der Waals surface area contributed by atoms with E-state index < -0.39 is 30.2 Å². The Morgan fingerprint density at radius 1 is 1.34 bits per heavy atom. The highest BCUT2D eigenvalue weighted by atomic mass is 16.5. The molecule has 4 amide bonds. The van der Waals surface area contributed by atoms with Crippen molar-refractivity contribution in [3.63, 3.8) is 0 Å². The van der Waals surface area contributed by atoms with Gasteiger partial charge < -0.3 is 36.7 Å². The zero-order valence-corrected chi connectivity index (χ0v) is 17.8. The van der Waals surface area contributed by atoms with E-state index in [2.05, 4.69) is 20.6 Å². The van der Waals surface area contributed by atoms with Gasteiger partial charge in [0.1, 0.15) is 24.6 Å². The first-order valence-corrected chi connectivity index (χ1v) is 10.3. The SMILES string of the molecule is CC[C@H](NC(=O)OCc1ccccc1)N(C(=O)N1CCNC[C@@H]1C(N)=O)c1cnc(N)[nH]1. The number of amides is 4. The van der Waals surface area contributed by atoms with Gasteiger partial charge in [-0.3, -0.25) is 9.69 Å². The molecule has 1 fully saturated rings. The van der Waals surface area contributed by atoms with Crippen LogP contribution in [0.5, 0.6) is 0 Å². The molecule has 12 nitrogen and oxygen atoms in total. The Bertz CT molecular complexity index is 935. The van der Waals surface area contributed by atoms with Gasteiger partial charge in [-0.05, 0) is 12.0 Å². The molecule has 1 aromatic carbocycles. The minimum absolute atomic E-state index is 0.0790. The van der Waals surface area contributed by atoms with Crippen molar-refractivity contribution in [3.8, 4) is 0 Å². The minimum atomic E-state index is -0.832. The largest absolute Gasteiger partial charge is 0.445 e. The summed E-state index contributed by atoms with van der Waals surface area (Å²) in [6, 6.07) is 7.88. The first-order valence-electron chi connectivity index (χ1n) is 10.3. The average molecular weight is 444 g/mol. The predicted molar refractivity (Wildman–Crippen MR) is 117 cm³/mol. The number of imidazole rings is 1. The van der Waals surface area contributed by atoms with Crippen LogP contribution in [-0.4, -0.2) is 64.7 Å². The van der Waals surface area contributed by atoms with E-state index in [1.54, 1.807) is 6.92 Å². The van der Waals surface area contributed by atoms with Gasteiger partial charge in [-0.15, -0.1) is 0 Å². The molecule has 0 spiro atoms. The number of aromatic amines is 1. The van der Waals surface area contributed by atoms with Gasteiger partial charge in [0.2, 0.25) is 5.91 Å². The molecule has 0 aliphatic carbocycles. The minimum Gasteiger partial charge on any atom is -0.445 e. The van der Waals surface area contributed by atoms with Gasteiger partial charge in [-0.25, -0.2) is 14.6 Å². The number of hydrogen-bond donors (Lipinski definition) is 5. The number of nitrogen functional groups attached to an aromatic ring is 1. The molecule has 1 saturated heterocycles. The van der Waals surface area contributed by atoms with E-state index in [9.17, 15) is 14.4 Å². The number of nitrogens with zero attached hydrogens (tertiary/aromatic N) is 3. The fourth-order valence-corrected chi connectivity index (χ4v) is 3.43. The molecular formula is C20H28N8O4. The summed E-state index contributed by atoms with van der Waals surface area (Å²) < 4.78 is 5.30. The molecule has 0 radical (unpaired) electrons. The van der Waals surface area contributed by atoms with Gasteiger partial charge in [0.15, 0.2) is 5.95 Å². The zero-order valence-electron chi connectivity index (χ0n) is 17.8. The number of nitrogens with one attached hydrogen (secondary N) is 3. The molecule has 0 saturated carbocycles. The van der Waals surface area contributed by atoms with E-state index >= 15 is 0 Å². The second-order valence-corrected chi connectivity index (χ2v) is 7.25. The van der Waals surface area contributed by atoms with Crippen molar-refractivity contribution in [3.05, 3.63) is 42.1 Å². The first-order chi connectivity index (χ1) is 15.4. The number of H-pyrrole nitrogens is 1. The monoisotopic (exact) mass is 444 g/mol. The lowest BCUT2D eigenvalue weighted by Crippen LogP contribution is -2.64. The number of nitrogens with two attached hydrogens (primary N) is 2. The van der Waals surface area contributed by atoms with Crippen LogP contribution in [0.4, 0.5) is 21.4 Å². The topological polar surface area (TPSA) is 172 Å². The number of anilines is 2. The number of ether oxygens (including phenoxy) is 1. The van der Waals surface area contributed by atoms with Gasteiger partial charge in [0.05, 0.1) is 6.20 Å². The van der Waals surface area contributed by atoms with Crippen LogP contribution in [0.25, 0.3) is 0 Å². The number of alkyl carbamates (subject to hydrolysis) is 1. The predicted octanol–water partition coefficient (Wildman–Crippen LogP) is 0.340. The van der Waals surface area contributed by atoms with Crippen LogP contribution in [-0.2, 0) is 16.1 Å². The van der Waals surface area contributed by atoms with Crippen LogP contribution in [0.2, 0.25) is 0 Å². The summed E-state index contributed by atoms with van der Waals surface area (Å²) in [5.41, 5.74) is 12.0. The molecule has 32 heavy (non-hydrogen) atoms. The van der Waals surface area contributed by atoms with E-state index in [0.29, 0.717) is 13.0 Å². The highest BCUT2D eigenvalue weighted by Crippen LogP contribution is 2.20. The number of piperazine rings is 1. The van der Waals surface area contributed by atoms with Crippen LogP contribution in [0.15, 0.2) is 36.5 Å². The maximum Gasteiger partial charge on any atom is 0.409 e. The molecule has 0 bridgehead atoms. The van der Waals surface area contributed by atoms with Gasteiger partial charge >= 0.3 is 12.1 Å². The summed E-state index contributed by atoms with van der Waals surface area (Å²) in [6.45, 7) is 2.88. The quantitative estimate of drug-likeness (QED) is 0.383. The number of aromatic nitrogens is 2. The van der Waals surface area contributed by atoms with Crippen molar-refractivity contribution >= 4 is 29.8 Å². The van der Waals surface area contributed by atoms with E-state index in [1.165, 1.54) is 16.0 Å². The Morgan fingerprint density at radius 2 is 2.09 bits per heavy atom. The molecule has 2 aromatic rings. The molecule has 12 heteroatoms. The number of benzene rings is 1. The Hall–Kier alpha value is -3.80. The molecule has 1 aliphatic heterocycles. The number of hydrogen-bond acceptors (Lipinski definition) is 7. The van der Waals surface area contributed by atoms with E-state index in [4.69, 9.17) is 16.2 Å². The van der Waals surface area contributed by atoms with Gasteiger partial charge in [-0.2, -0.15) is 0 Å². The Balaban J connectivity index is 1.79. The number of carbonyl (C=O) groups is 3. The summed E-state index contributed by atoms with van der Waals surface area (Å²) in [5.74, 6) is -0.256. The van der Waals surface area contributed by atoms with Gasteiger partial charge in [-0.1, -0.05) is 37.3 Å². The van der Waals surface area contributed by atoms with Crippen molar-refractivity contribution in [2.24, 2.45) is 5.73 Å². The lowest BCUT2D eigenvalue weighted by atomic mass is 10.2. The van der Waals surface area contributed by atoms with Crippen LogP contribution < -0.4 is 27.0 Å². The van der Waals surface area contributed by atoms with Crippen molar-refractivity contribution < 1.29 is 19.1 Å². The van der Waals surface area contributed by atoms with Crippen LogP contribution in [0, 0.1) is 0 Å². The fraction of sp³-hybridized carbons (Fsp3) is 0.400. The summed E-state index contributed by atoms with van der Waals surface area (Å²) in [6.07, 6.45) is 0.235. The number of urea groups is 1. The van der Waals surface area contributed by atoms with Crippen LogP contribution in [0.3, 0.4) is 0 Å². The summed E-state index contributed by atoms with van der Waals surface area (Å²) in [5, 5.41) is 5.75. The lowest BCUT2D eigenvalue weighted by Gasteiger charge is -2.39. The maximum atomic E-state index is 13.5.